The van der Waals surface area contributed by atoms with Gasteiger partial charge in [0.15, 0.2) is 0 Å². The zero-order chi connectivity index (χ0) is 17.1. The maximum absolute atomic E-state index is 14.8. The summed E-state index contributed by atoms with van der Waals surface area (Å²) < 4.78 is 31.2. The number of aromatic nitrogens is 3. The van der Waals surface area contributed by atoms with Gasteiger partial charge in [0.05, 0.1) is 28.5 Å². The topological polar surface area (TPSA) is 43.1 Å². The second kappa shape index (κ2) is 4.69. The lowest BCUT2D eigenvalue weighted by molar-refractivity contribution is -0.0681. The summed E-state index contributed by atoms with van der Waals surface area (Å²) in [5, 5.41) is 0. The fourth-order valence-electron chi connectivity index (χ4n) is 3.03. The molecule has 4 rings (SSSR count). The molecule has 0 radical (unpaired) electrons. The van der Waals surface area contributed by atoms with E-state index < -0.39 is 11.5 Å². The number of hydrogen-bond acceptors (Lipinski definition) is 3. The zero-order valence-corrected chi connectivity index (χ0v) is 13.6. The Balaban J connectivity index is 1.97. The van der Waals surface area contributed by atoms with Crippen molar-refractivity contribution in [3.63, 3.8) is 0 Å². The van der Waals surface area contributed by atoms with Crippen molar-refractivity contribution >= 4 is 16.7 Å². The van der Waals surface area contributed by atoms with Crippen LogP contribution in [0.25, 0.3) is 11.0 Å². The molecule has 6 heteroatoms. The van der Waals surface area contributed by atoms with Gasteiger partial charge >= 0.3 is 0 Å². The molecule has 1 aromatic carbocycles. The first-order valence-electron chi connectivity index (χ1n) is 7.66. The molecule has 0 fully saturated rings. The van der Waals surface area contributed by atoms with E-state index in [-0.39, 0.29) is 5.56 Å². The first-order valence-corrected chi connectivity index (χ1v) is 7.66. The van der Waals surface area contributed by atoms with E-state index in [0.29, 0.717) is 22.5 Å². The van der Waals surface area contributed by atoms with E-state index in [0.717, 1.165) is 5.52 Å². The molecule has 1 aliphatic rings. The predicted octanol–water partition coefficient (Wildman–Crippen LogP) is 3.69. The highest BCUT2D eigenvalue weighted by Crippen LogP contribution is 2.46. The monoisotopic (exact) mass is 326 g/mol. The lowest BCUT2D eigenvalue weighted by atomic mass is 9.85. The molecule has 0 bridgehead atoms. The maximum Gasteiger partial charge on any atom is 0.299 e. The van der Waals surface area contributed by atoms with Gasteiger partial charge in [-0.05, 0) is 26.0 Å². The molecular formula is C18H16F2N4. The highest BCUT2D eigenvalue weighted by atomic mass is 19.3. The summed E-state index contributed by atoms with van der Waals surface area (Å²) in [6, 6.07) is 7.46. The molecule has 0 amide bonds. The van der Waals surface area contributed by atoms with Crippen molar-refractivity contribution < 1.29 is 8.78 Å². The molecule has 122 valence electrons. The van der Waals surface area contributed by atoms with Crippen LogP contribution in [0.4, 0.5) is 8.78 Å². The number of fused-ring (bicyclic) bond motifs is 2. The first-order chi connectivity index (χ1) is 11.3. The quantitative estimate of drug-likeness (QED) is 0.684. The Bertz CT molecular complexity index is 986. The maximum atomic E-state index is 14.8. The molecule has 4 nitrogen and oxygen atoms in total. The van der Waals surface area contributed by atoms with Crippen molar-refractivity contribution in [2.24, 2.45) is 12.0 Å². The lowest BCUT2D eigenvalue weighted by Gasteiger charge is -2.35. The van der Waals surface area contributed by atoms with Gasteiger partial charge in [-0.3, -0.25) is 9.98 Å². The van der Waals surface area contributed by atoms with Crippen molar-refractivity contribution in [3.8, 4) is 0 Å². The Hall–Kier alpha value is -2.63. The average Bonchev–Trinajstić information content (AvgIpc) is 2.94. The summed E-state index contributed by atoms with van der Waals surface area (Å²) in [7, 11) is 1.73. The number of para-hydroxylation sites is 2. The molecule has 0 aliphatic carbocycles. The first kappa shape index (κ1) is 14.9. The van der Waals surface area contributed by atoms with Crippen LogP contribution in [0.3, 0.4) is 0 Å². The summed E-state index contributed by atoms with van der Waals surface area (Å²) in [5.41, 5.74) is 1.27. The average molecular weight is 326 g/mol. The number of benzene rings is 1. The largest absolute Gasteiger partial charge is 0.356 e. The standard InChI is InChI=1S/C18H16F2N4/c1-17(2)18(19,20)12-10-24(3)9-11(12)16(23-17)15-8-21-13-6-4-5-7-14(13)22-15/h4-10H,1-3H3. The molecule has 0 saturated carbocycles. The van der Waals surface area contributed by atoms with E-state index in [1.54, 1.807) is 24.0 Å². The number of alkyl halides is 2. The van der Waals surface area contributed by atoms with Crippen LogP contribution in [0.2, 0.25) is 0 Å². The number of rotatable bonds is 1. The fraction of sp³-hybridized carbons (Fsp3) is 0.278. The van der Waals surface area contributed by atoms with Gasteiger partial charge in [-0.25, -0.2) is 4.98 Å². The molecule has 0 N–H and O–H groups in total. The molecule has 3 heterocycles. The number of hydrogen-bond donors (Lipinski definition) is 0. The van der Waals surface area contributed by atoms with Crippen LogP contribution >= 0.6 is 0 Å². The van der Waals surface area contributed by atoms with Crippen LogP contribution in [0, 0.1) is 0 Å². The number of aliphatic imine (C=N–C) groups is 1. The van der Waals surface area contributed by atoms with Gasteiger partial charge in [0.25, 0.3) is 5.92 Å². The van der Waals surface area contributed by atoms with Crippen molar-refractivity contribution in [2.45, 2.75) is 25.3 Å². The minimum absolute atomic E-state index is 0.0186. The Morgan fingerprint density at radius 3 is 2.50 bits per heavy atom. The van der Waals surface area contributed by atoms with Gasteiger partial charge in [-0.15, -0.1) is 0 Å². The van der Waals surface area contributed by atoms with Crippen molar-refractivity contribution in [1.82, 2.24) is 14.5 Å². The Kier molecular flexibility index (Phi) is 2.92. The summed E-state index contributed by atoms with van der Waals surface area (Å²) in [5.74, 6) is -3.04. The molecule has 2 aromatic heterocycles. The van der Waals surface area contributed by atoms with Crippen LogP contribution in [-0.4, -0.2) is 25.8 Å². The third kappa shape index (κ3) is 1.99. The molecule has 24 heavy (non-hydrogen) atoms. The molecule has 0 unspecified atom stereocenters. The van der Waals surface area contributed by atoms with Crippen LogP contribution in [-0.2, 0) is 13.0 Å². The van der Waals surface area contributed by atoms with E-state index in [1.165, 1.54) is 20.0 Å². The van der Waals surface area contributed by atoms with Crippen molar-refractivity contribution in [1.29, 1.82) is 0 Å². The minimum Gasteiger partial charge on any atom is -0.356 e. The normalized spacial score (nSPS) is 18.3. The van der Waals surface area contributed by atoms with Gasteiger partial charge in [0.1, 0.15) is 11.2 Å². The smallest absolute Gasteiger partial charge is 0.299 e. The summed E-state index contributed by atoms with van der Waals surface area (Å²) in [4.78, 5) is 13.3. The summed E-state index contributed by atoms with van der Waals surface area (Å²) in [6.45, 7) is 2.88. The molecule has 0 atom stereocenters. The van der Waals surface area contributed by atoms with E-state index in [4.69, 9.17) is 0 Å². The van der Waals surface area contributed by atoms with Crippen LogP contribution in [0.15, 0.2) is 47.8 Å². The Labute approximate surface area is 137 Å². The van der Waals surface area contributed by atoms with E-state index in [2.05, 4.69) is 15.0 Å². The molecule has 1 aliphatic heterocycles. The van der Waals surface area contributed by atoms with E-state index in [9.17, 15) is 8.78 Å². The Morgan fingerprint density at radius 1 is 1.04 bits per heavy atom. The molecular weight excluding hydrogens is 310 g/mol. The fourth-order valence-corrected chi connectivity index (χ4v) is 3.03. The van der Waals surface area contributed by atoms with Gasteiger partial charge < -0.3 is 4.57 Å². The van der Waals surface area contributed by atoms with Crippen LogP contribution in [0.1, 0.15) is 30.7 Å². The number of nitrogens with zero attached hydrogens (tertiary/aromatic N) is 4. The molecule has 0 spiro atoms. The lowest BCUT2D eigenvalue weighted by Crippen LogP contribution is -2.43. The van der Waals surface area contributed by atoms with Crippen molar-refractivity contribution in [2.75, 3.05) is 0 Å². The summed E-state index contributed by atoms with van der Waals surface area (Å²) in [6.07, 6.45) is 4.71. The van der Waals surface area contributed by atoms with Gasteiger partial charge in [-0.1, -0.05) is 12.1 Å². The minimum atomic E-state index is -3.04. The van der Waals surface area contributed by atoms with E-state index >= 15 is 0 Å². The molecule has 0 saturated heterocycles. The highest BCUT2D eigenvalue weighted by molar-refractivity contribution is 6.14. The van der Waals surface area contributed by atoms with Crippen LogP contribution in [0.5, 0.6) is 0 Å². The SMILES string of the molecule is Cn1cc2c(c1)C(F)(F)C(C)(C)N=C2c1cnc2ccccc2n1. The zero-order valence-electron chi connectivity index (χ0n) is 13.6. The summed E-state index contributed by atoms with van der Waals surface area (Å²) >= 11 is 0. The molecule has 3 aromatic rings. The Morgan fingerprint density at radius 2 is 1.75 bits per heavy atom. The van der Waals surface area contributed by atoms with E-state index in [1.807, 2.05) is 24.3 Å². The van der Waals surface area contributed by atoms with Gasteiger partial charge in [0.2, 0.25) is 0 Å². The van der Waals surface area contributed by atoms with Gasteiger partial charge in [0, 0.05) is 25.0 Å². The number of aryl methyl sites for hydroxylation is 1. The van der Waals surface area contributed by atoms with Gasteiger partial charge in [-0.2, -0.15) is 8.78 Å². The highest BCUT2D eigenvalue weighted by Gasteiger charge is 2.53. The second-order valence-electron chi connectivity index (χ2n) is 6.59. The van der Waals surface area contributed by atoms with Crippen molar-refractivity contribution in [3.05, 3.63) is 59.7 Å². The predicted molar refractivity (Wildman–Crippen MR) is 88.6 cm³/mol. The third-order valence-corrected chi connectivity index (χ3v) is 4.40. The second-order valence-corrected chi connectivity index (χ2v) is 6.59. The number of halogens is 2. The third-order valence-electron chi connectivity index (χ3n) is 4.40. The van der Waals surface area contributed by atoms with Crippen LogP contribution < -0.4 is 0 Å².